The molecule has 1 aliphatic rings. The van der Waals surface area contributed by atoms with Crippen LogP contribution in [0.1, 0.15) is 18.4 Å². The minimum Gasteiger partial charge on any atom is -0.495 e. The number of benzene rings is 2. The van der Waals surface area contributed by atoms with Crippen molar-refractivity contribution in [3.05, 3.63) is 46.4 Å². The molecule has 0 aliphatic heterocycles. The van der Waals surface area contributed by atoms with E-state index < -0.39 is 10.0 Å². The molecule has 3 rings (SSSR count). The zero-order chi connectivity index (χ0) is 18.9. The molecule has 0 heterocycles. The van der Waals surface area contributed by atoms with Gasteiger partial charge in [0.05, 0.1) is 12.8 Å². The van der Waals surface area contributed by atoms with Crippen molar-refractivity contribution >= 4 is 43.2 Å². The molecule has 6 nitrogen and oxygen atoms in total. The highest BCUT2D eigenvalue weighted by molar-refractivity contribution is 9.10. The van der Waals surface area contributed by atoms with Crippen LogP contribution in [0, 0.1) is 12.8 Å². The Morgan fingerprint density at radius 1 is 1.19 bits per heavy atom. The molecule has 2 N–H and O–H groups in total. The molecule has 26 heavy (non-hydrogen) atoms. The number of ether oxygens (including phenoxy) is 1. The molecule has 138 valence electrons. The lowest BCUT2D eigenvalue weighted by atomic mass is 10.2. The van der Waals surface area contributed by atoms with E-state index in [0.29, 0.717) is 15.8 Å². The highest BCUT2D eigenvalue weighted by Crippen LogP contribution is 2.33. The molecule has 0 radical (unpaired) electrons. The lowest BCUT2D eigenvalue weighted by Crippen LogP contribution is -2.17. The fourth-order valence-corrected chi connectivity index (χ4v) is 4.22. The number of nitrogens with one attached hydrogen (secondary N) is 2. The average molecular weight is 439 g/mol. The molecule has 8 heteroatoms. The third-order valence-electron chi connectivity index (χ3n) is 4.04. The molecular weight excluding hydrogens is 420 g/mol. The van der Waals surface area contributed by atoms with E-state index in [1.54, 1.807) is 18.2 Å². The Bertz CT molecular complexity index is 956. The zero-order valence-electron chi connectivity index (χ0n) is 14.4. The quantitative estimate of drug-likeness (QED) is 0.715. The van der Waals surface area contributed by atoms with Gasteiger partial charge in [0.25, 0.3) is 10.0 Å². The number of carbonyl (C=O) groups excluding carboxylic acids is 1. The van der Waals surface area contributed by atoms with Gasteiger partial charge < -0.3 is 10.1 Å². The summed E-state index contributed by atoms with van der Waals surface area (Å²) in [5, 5.41) is 2.76. The van der Waals surface area contributed by atoms with Crippen molar-refractivity contribution in [1.29, 1.82) is 0 Å². The van der Waals surface area contributed by atoms with Crippen LogP contribution in [0.25, 0.3) is 0 Å². The maximum atomic E-state index is 12.9. The van der Waals surface area contributed by atoms with E-state index in [2.05, 4.69) is 26.0 Å². The van der Waals surface area contributed by atoms with Crippen LogP contribution >= 0.6 is 15.9 Å². The largest absolute Gasteiger partial charge is 0.495 e. The van der Waals surface area contributed by atoms with Gasteiger partial charge in [0.1, 0.15) is 10.6 Å². The number of methoxy groups -OCH3 is 1. The Kier molecular flexibility index (Phi) is 5.24. The van der Waals surface area contributed by atoms with Crippen LogP contribution in [0.15, 0.2) is 45.8 Å². The first-order valence-electron chi connectivity index (χ1n) is 8.08. The molecule has 2 aromatic rings. The summed E-state index contributed by atoms with van der Waals surface area (Å²) >= 11 is 3.35. The first-order valence-corrected chi connectivity index (χ1v) is 10.4. The van der Waals surface area contributed by atoms with Gasteiger partial charge in [-0.15, -0.1) is 0 Å². The first-order chi connectivity index (χ1) is 12.3. The maximum Gasteiger partial charge on any atom is 0.265 e. The Balaban J connectivity index is 1.94. The summed E-state index contributed by atoms with van der Waals surface area (Å²) in [6, 6.07) is 9.94. The normalized spacial score (nSPS) is 14.0. The highest BCUT2D eigenvalue weighted by Gasteiger charge is 2.30. The summed E-state index contributed by atoms with van der Waals surface area (Å²) < 4.78 is 34.2. The van der Waals surface area contributed by atoms with Crippen LogP contribution in [0.3, 0.4) is 0 Å². The van der Waals surface area contributed by atoms with E-state index >= 15 is 0 Å². The Morgan fingerprint density at radius 3 is 2.58 bits per heavy atom. The lowest BCUT2D eigenvalue weighted by Gasteiger charge is -2.15. The van der Waals surface area contributed by atoms with Gasteiger partial charge in [-0.3, -0.25) is 9.52 Å². The Labute approximate surface area is 161 Å². The fourth-order valence-electron chi connectivity index (χ4n) is 2.47. The number of sulfonamides is 1. The van der Waals surface area contributed by atoms with E-state index in [9.17, 15) is 13.2 Å². The predicted octanol–water partition coefficient (Wildman–Crippen LogP) is 3.92. The van der Waals surface area contributed by atoms with Gasteiger partial charge in [0, 0.05) is 16.1 Å². The van der Waals surface area contributed by atoms with E-state index in [1.807, 2.05) is 13.0 Å². The fraction of sp³-hybridized carbons (Fsp3) is 0.278. The second-order valence-corrected chi connectivity index (χ2v) is 8.72. The summed E-state index contributed by atoms with van der Waals surface area (Å²) in [5.74, 6) is 0.136. The molecule has 1 aliphatic carbocycles. The number of halogens is 1. The van der Waals surface area contributed by atoms with Crippen LogP contribution in [-0.4, -0.2) is 21.4 Å². The van der Waals surface area contributed by atoms with E-state index in [0.717, 1.165) is 18.4 Å². The molecule has 0 saturated heterocycles. The highest BCUT2D eigenvalue weighted by atomic mass is 79.9. The van der Waals surface area contributed by atoms with E-state index in [1.165, 1.54) is 19.2 Å². The van der Waals surface area contributed by atoms with Gasteiger partial charge in [-0.25, -0.2) is 8.42 Å². The van der Waals surface area contributed by atoms with Crippen LogP contribution < -0.4 is 14.8 Å². The number of anilines is 2. The molecule has 1 fully saturated rings. The molecule has 0 unspecified atom stereocenters. The number of amides is 1. The third-order valence-corrected chi connectivity index (χ3v) is 6.11. The van der Waals surface area contributed by atoms with Gasteiger partial charge in [0.15, 0.2) is 0 Å². The van der Waals surface area contributed by atoms with Gasteiger partial charge in [-0.05, 0) is 71.6 Å². The van der Waals surface area contributed by atoms with Crippen molar-refractivity contribution < 1.29 is 17.9 Å². The zero-order valence-corrected chi connectivity index (χ0v) is 16.8. The van der Waals surface area contributed by atoms with E-state index in [-0.39, 0.29) is 22.5 Å². The number of hydrogen-bond acceptors (Lipinski definition) is 4. The van der Waals surface area contributed by atoms with Crippen LogP contribution in [0.5, 0.6) is 5.75 Å². The molecular formula is C18H19BrN2O4S. The number of carbonyl (C=O) groups is 1. The van der Waals surface area contributed by atoms with Gasteiger partial charge in [-0.2, -0.15) is 0 Å². The molecule has 1 amide bonds. The molecule has 0 atom stereocenters. The average Bonchev–Trinajstić information content (AvgIpc) is 3.43. The summed E-state index contributed by atoms with van der Waals surface area (Å²) in [6.45, 7) is 1.87. The smallest absolute Gasteiger partial charge is 0.265 e. The summed E-state index contributed by atoms with van der Waals surface area (Å²) in [7, 11) is -2.51. The SMILES string of the molecule is COc1ccc(NC(=O)C2CC2)cc1S(=O)(=O)Nc1cc(C)ccc1Br. The summed E-state index contributed by atoms with van der Waals surface area (Å²) in [5.41, 5.74) is 1.77. The van der Waals surface area contributed by atoms with Crippen LogP contribution in [0.4, 0.5) is 11.4 Å². The monoisotopic (exact) mass is 438 g/mol. The molecule has 2 aromatic carbocycles. The number of hydrogen-bond donors (Lipinski definition) is 2. The number of rotatable bonds is 6. The van der Waals surface area contributed by atoms with Crippen molar-refractivity contribution in [2.75, 3.05) is 17.1 Å². The van der Waals surface area contributed by atoms with Crippen molar-refractivity contribution in [2.45, 2.75) is 24.7 Å². The van der Waals surface area contributed by atoms with Crippen LogP contribution in [-0.2, 0) is 14.8 Å². The van der Waals surface area contributed by atoms with Gasteiger partial charge in [0.2, 0.25) is 5.91 Å². The minimum atomic E-state index is -3.91. The predicted molar refractivity (Wildman–Crippen MR) is 104 cm³/mol. The second-order valence-electron chi connectivity index (χ2n) is 6.22. The molecule has 1 saturated carbocycles. The van der Waals surface area contributed by atoms with Crippen molar-refractivity contribution in [1.82, 2.24) is 0 Å². The second kappa shape index (κ2) is 7.28. The summed E-state index contributed by atoms with van der Waals surface area (Å²) in [6.07, 6.45) is 1.74. The Hall–Kier alpha value is -2.06. The number of aryl methyl sites for hydroxylation is 1. The third kappa shape index (κ3) is 4.19. The molecule has 0 aromatic heterocycles. The van der Waals surface area contributed by atoms with E-state index in [4.69, 9.17) is 4.74 Å². The van der Waals surface area contributed by atoms with Gasteiger partial charge >= 0.3 is 0 Å². The maximum absolute atomic E-state index is 12.9. The molecule has 0 bridgehead atoms. The van der Waals surface area contributed by atoms with Crippen molar-refractivity contribution in [2.24, 2.45) is 5.92 Å². The lowest BCUT2D eigenvalue weighted by molar-refractivity contribution is -0.117. The molecule has 0 spiro atoms. The van der Waals surface area contributed by atoms with Crippen molar-refractivity contribution in [3.8, 4) is 5.75 Å². The first kappa shape index (κ1) is 18.7. The standard InChI is InChI=1S/C18H19BrN2O4S/c1-11-3-7-14(19)15(9-11)21-26(23,24)17-10-13(6-8-16(17)25-2)20-18(22)12-4-5-12/h3,6-10,12,21H,4-5H2,1-2H3,(H,20,22). The topological polar surface area (TPSA) is 84.5 Å². The van der Waals surface area contributed by atoms with Crippen molar-refractivity contribution in [3.63, 3.8) is 0 Å². The van der Waals surface area contributed by atoms with Gasteiger partial charge in [-0.1, -0.05) is 6.07 Å². The Morgan fingerprint density at radius 2 is 1.92 bits per heavy atom. The van der Waals surface area contributed by atoms with Crippen LogP contribution in [0.2, 0.25) is 0 Å². The summed E-state index contributed by atoms with van der Waals surface area (Å²) in [4.78, 5) is 11.9. The minimum absolute atomic E-state index is 0.0264.